The van der Waals surface area contributed by atoms with Gasteiger partial charge in [0.25, 0.3) is 0 Å². The maximum atomic E-state index is 11.0. The molecule has 2 N–H and O–H groups in total. The number of hydrogen-bond acceptors (Lipinski definition) is 7. The maximum Gasteiger partial charge on any atom is 0.307 e. The molecule has 1 aromatic rings. The lowest BCUT2D eigenvalue weighted by molar-refractivity contribution is -0.140. The van der Waals surface area contributed by atoms with Crippen LogP contribution in [0.15, 0.2) is 11.2 Å². The van der Waals surface area contributed by atoms with Gasteiger partial charge in [-0.1, -0.05) is 18.7 Å². The van der Waals surface area contributed by atoms with E-state index in [9.17, 15) is 4.79 Å². The molecule has 0 spiro atoms. The Labute approximate surface area is 117 Å². The number of carbonyl (C=O) groups excluding carboxylic acids is 1. The lowest BCUT2D eigenvalue weighted by Gasteiger charge is -2.09. The fourth-order valence-corrected chi connectivity index (χ4v) is 1.72. The number of carbonyl (C=O) groups is 1. The topological polar surface area (TPSA) is 76.1 Å². The fourth-order valence-electron chi connectivity index (χ4n) is 1.35. The first-order chi connectivity index (χ1) is 9.19. The van der Waals surface area contributed by atoms with Crippen LogP contribution in [0.3, 0.4) is 0 Å². The first-order valence-electron chi connectivity index (χ1n) is 6.17. The summed E-state index contributed by atoms with van der Waals surface area (Å²) in [6, 6.07) is 1.84. The Morgan fingerprint density at radius 3 is 2.47 bits per heavy atom. The maximum absolute atomic E-state index is 11.0. The van der Waals surface area contributed by atoms with Crippen molar-refractivity contribution in [2.24, 2.45) is 0 Å². The zero-order valence-electron chi connectivity index (χ0n) is 11.5. The largest absolute Gasteiger partial charge is 0.469 e. The van der Waals surface area contributed by atoms with E-state index in [0.29, 0.717) is 23.9 Å². The summed E-state index contributed by atoms with van der Waals surface area (Å²) < 4.78 is 4.58. The quantitative estimate of drug-likeness (QED) is 0.429. The summed E-state index contributed by atoms with van der Waals surface area (Å²) in [5.74, 6) is 1.26. The van der Waals surface area contributed by atoms with Crippen molar-refractivity contribution >= 4 is 29.4 Å². The van der Waals surface area contributed by atoms with Gasteiger partial charge in [-0.15, -0.1) is 0 Å². The van der Waals surface area contributed by atoms with E-state index < -0.39 is 0 Å². The molecule has 7 heteroatoms. The summed E-state index contributed by atoms with van der Waals surface area (Å²) >= 11 is 1.48. The number of esters is 1. The summed E-state index contributed by atoms with van der Waals surface area (Å²) in [6.45, 7) is 3.45. The third kappa shape index (κ3) is 5.78. The highest BCUT2D eigenvalue weighted by molar-refractivity contribution is 7.98. The molecule has 6 nitrogen and oxygen atoms in total. The highest BCUT2D eigenvalue weighted by atomic mass is 32.2. The smallest absolute Gasteiger partial charge is 0.307 e. The summed E-state index contributed by atoms with van der Waals surface area (Å²) in [5, 5.41) is 7.02. The Hall–Kier alpha value is -1.50. The van der Waals surface area contributed by atoms with Crippen molar-refractivity contribution in [1.29, 1.82) is 0 Å². The van der Waals surface area contributed by atoms with Gasteiger partial charge in [0.1, 0.15) is 11.6 Å². The lowest BCUT2D eigenvalue weighted by atomic mass is 10.4. The molecule has 0 atom stereocenters. The number of thioether (sulfide) groups is 1. The molecule has 0 unspecified atom stereocenters. The van der Waals surface area contributed by atoms with Crippen molar-refractivity contribution in [3.05, 3.63) is 6.07 Å². The Morgan fingerprint density at radius 1 is 1.32 bits per heavy atom. The van der Waals surface area contributed by atoms with Gasteiger partial charge >= 0.3 is 5.97 Å². The molecule has 0 aliphatic heterocycles. The van der Waals surface area contributed by atoms with E-state index in [1.54, 1.807) is 0 Å². The van der Waals surface area contributed by atoms with Gasteiger partial charge in [0, 0.05) is 19.2 Å². The van der Waals surface area contributed by atoms with Crippen molar-refractivity contribution in [3.63, 3.8) is 0 Å². The molecule has 0 fully saturated rings. The Balaban J connectivity index is 2.62. The van der Waals surface area contributed by atoms with Crippen LogP contribution < -0.4 is 10.6 Å². The van der Waals surface area contributed by atoms with Crippen molar-refractivity contribution in [1.82, 2.24) is 9.97 Å². The molecule has 0 saturated carbocycles. The second-order valence-corrected chi connectivity index (χ2v) is 4.58. The lowest BCUT2D eigenvalue weighted by Crippen LogP contribution is -2.12. The SMILES string of the molecule is CCCNc1cc(NCCC(=O)OC)nc(SC)n1. The second-order valence-electron chi connectivity index (χ2n) is 3.80. The molecular weight excluding hydrogens is 264 g/mol. The van der Waals surface area contributed by atoms with Gasteiger partial charge in [0.15, 0.2) is 5.16 Å². The molecule has 0 radical (unpaired) electrons. The average molecular weight is 284 g/mol. The van der Waals surface area contributed by atoms with Crippen molar-refractivity contribution in [2.75, 3.05) is 37.1 Å². The molecule has 0 aliphatic carbocycles. The van der Waals surface area contributed by atoms with Crippen LogP contribution in [0, 0.1) is 0 Å². The van der Waals surface area contributed by atoms with Crippen molar-refractivity contribution < 1.29 is 9.53 Å². The monoisotopic (exact) mass is 284 g/mol. The molecule has 1 aromatic heterocycles. The van der Waals surface area contributed by atoms with Crippen LogP contribution in [-0.4, -0.2) is 42.4 Å². The summed E-state index contributed by atoms with van der Waals surface area (Å²) in [6.07, 6.45) is 3.27. The third-order valence-corrected chi connectivity index (χ3v) is 2.85. The number of aromatic nitrogens is 2. The van der Waals surface area contributed by atoms with Crippen molar-refractivity contribution in [3.8, 4) is 0 Å². The van der Waals surface area contributed by atoms with E-state index >= 15 is 0 Å². The van der Waals surface area contributed by atoms with Gasteiger partial charge in [0.2, 0.25) is 0 Å². The molecule has 0 aromatic carbocycles. The van der Waals surface area contributed by atoms with Gasteiger partial charge in [-0.25, -0.2) is 9.97 Å². The second kappa shape index (κ2) is 8.58. The predicted octanol–water partition coefficient (Wildman–Crippen LogP) is 2.00. The van der Waals surface area contributed by atoms with Gasteiger partial charge in [0.05, 0.1) is 13.5 Å². The van der Waals surface area contributed by atoms with Crippen LogP contribution in [0.25, 0.3) is 0 Å². The molecular formula is C12H20N4O2S. The molecule has 0 aliphatic rings. The van der Waals surface area contributed by atoms with Gasteiger partial charge in [-0.3, -0.25) is 4.79 Å². The van der Waals surface area contributed by atoms with E-state index in [1.165, 1.54) is 18.9 Å². The number of methoxy groups -OCH3 is 1. The number of nitrogens with zero attached hydrogens (tertiary/aromatic N) is 2. The van der Waals surface area contributed by atoms with Gasteiger partial charge in [-0.2, -0.15) is 0 Å². The van der Waals surface area contributed by atoms with E-state index in [2.05, 4.69) is 32.3 Å². The summed E-state index contributed by atoms with van der Waals surface area (Å²) in [4.78, 5) is 19.7. The number of rotatable bonds is 8. The molecule has 0 bridgehead atoms. The van der Waals surface area contributed by atoms with Crippen LogP contribution in [0.2, 0.25) is 0 Å². The third-order valence-electron chi connectivity index (χ3n) is 2.31. The number of nitrogens with one attached hydrogen (secondary N) is 2. The van der Waals surface area contributed by atoms with E-state index in [4.69, 9.17) is 0 Å². The molecule has 1 heterocycles. The van der Waals surface area contributed by atoms with Crippen LogP contribution in [0.4, 0.5) is 11.6 Å². The van der Waals surface area contributed by atoms with Crippen LogP contribution in [-0.2, 0) is 9.53 Å². The number of anilines is 2. The zero-order chi connectivity index (χ0) is 14.1. The molecule has 1 rings (SSSR count). The Bertz CT molecular complexity index is 415. The Kier molecular flexibility index (Phi) is 7.02. The highest BCUT2D eigenvalue weighted by Crippen LogP contribution is 2.17. The predicted molar refractivity (Wildman–Crippen MR) is 77.7 cm³/mol. The minimum Gasteiger partial charge on any atom is -0.469 e. The highest BCUT2D eigenvalue weighted by Gasteiger charge is 2.05. The standard InChI is InChI=1S/C12H20N4O2S/c1-4-6-13-9-8-10(16-12(15-9)19-3)14-7-5-11(17)18-2/h8H,4-7H2,1-3H3,(H2,13,14,15,16). The molecule has 0 amide bonds. The number of ether oxygens (including phenoxy) is 1. The number of hydrogen-bond donors (Lipinski definition) is 2. The van der Waals surface area contributed by atoms with Crippen molar-refractivity contribution in [2.45, 2.75) is 24.9 Å². The minimum atomic E-state index is -0.240. The van der Waals surface area contributed by atoms with Crippen LogP contribution in [0.5, 0.6) is 0 Å². The first-order valence-corrected chi connectivity index (χ1v) is 7.39. The average Bonchev–Trinajstić information content (AvgIpc) is 2.44. The summed E-state index contributed by atoms with van der Waals surface area (Å²) in [7, 11) is 1.38. The molecule has 19 heavy (non-hydrogen) atoms. The minimum absolute atomic E-state index is 0.240. The van der Waals surface area contributed by atoms with E-state index in [-0.39, 0.29) is 5.97 Å². The fraction of sp³-hybridized carbons (Fsp3) is 0.583. The molecule has 0 saturated heterocycles. The van der Waals surface area contributed by atoms with Crippen LogP contribution >= 0.6 is 11.8 Å². The first kappa shape index (κ1) is 15.6. The van der Waals surface area contributed by atoms with Gasteiger partial charge < -0.3 is 15.4 Å². The van der Waals surface area contributed by atoms with E-state index in [0.717, 1.165) is 18.8 Å². The van der Waals surface area contributed by atoms with Crippen LogP contribution in [0.1, 0.15) is 19.8 Å². The van der Waals surface area contributed by atoms with Gasteiger partial charge in [-0.05, 0) is 12.7 Å². The summed E-state index contributed by atoms with van der Waals surface area (Å²) in [5.41, 5.74) is 0. The van der Waals surface area contributed by atoms with E-state index in [1.807, 2.05) is 12.3 Å². The normalized spacial score (nSPS) is 10.1. The zero-order valence-corrected chi connectivity index (χ0v) is 12.3. The molecule has 106 valence electrons. The Morgan fingerprint density at radius 2 is 1.95 bits per heavy atom.